The molecule has 0 spiro atoms. The highest BCUT2D eigenvalue weighted by Gasteiger charge is 2.27. The Labute approximate surface area is 136 Å². The smallest absolute Gasteiger partial charge is 0.107 e. The number of aliphatic hydroxyl groups is 1. The van der Waals surface area contributed by atoms with Crippen LogP contribution >= 0.6 is 24.0 Å². The van der Waals surface area contributed by atoms with E-state index in [2.05, 4.69) is 30.0 Å². The molecule has 0 saturated carbocycles. The number of thiocarbonyl (C=S) groups is 1. The average molecular weight is 325 g/mol. The van der Waals surface area contributed by atoms with E-state index in [0.717, 1.165) is 30.7 Å². The molecule has 1 atom stereocenters. The number of anilines is 1. The Morgan fingerprint density at radius 3 is 3.00 bits per heavy atom. The summed E-state index contributed by atoms with van der Waals surface area (Å²) in [5.74, 6) is 1.01. The van der Waals surface area contributed by atoms with Gasteiger partial charge in [0, 0.05) is 35.3 Å². The highest BCUT2D eigenvalue weighted by molar-refractivity contribution is 7.99. The predicted molar refractivity (Wildman–Crippen MR) is 95.4 cm³/mol. The third kappa shape index (κ3) is 3.90. The molecule has 116 valence electrons. The first-order valence-corrected chi connectivity index (χ1v) is 9.01. The van der Waals surface area contributed by atoms with Gasteiger partial charge in [0.15, 0.2) is 0 Å². The minimum absolute atomic E-state index is 0.262. The highest BCUT2D eigenvalue weighted by atomic mass is 32.2. The van der Waals surface area contributed by atoms with Crippen LogP contribution < -0.4 is 10.6 Å². The molecule has 1 saturated heterocycles. The van der Waals surface area contributed by atoms with E-state index < -0.39 is 0 Å². The van der Waals surface area contributed by atoms with Crippen LogP contribution in [0.3, 0.4) is 0 Å². The Morgan fingerprint density at radius 2 is 2.33 bits per heavy atom. The number of benzene rings is 1. The predicted octanol–water partition coefficient (Wildman–Crippen LogP) is 3.17. The molecule has 1 aromatic carbocycles. The van der Waals surface area contributed by atoms with Crippen molar-refractivity contribution < 1.29 is 5.11 Å². The zero-order chi connectivity index (χ0) is 15.2. The number of rotatable bonds is 7. The van der Waals surface area contributed by atoms with Crippen LogP contribution in [0, 0.1) is 0 Å². The van der Waals surface area contributed by atoms with Crippen LogP contribution in [0.25, 0.3) is 0 Å². The molecule has 21 heavy (non-hydrogen) atoms. The lowest BCUT2D eigenvalue weighted by atomic mass is 10.1. The first-order chi connectivity index (χ1) is 10.2. The van der Waals surface area contributed by atoms with Gasteiger partial charge in [-0.3, -0.25) is 0 Å². The molecule has 0 aliphatic carbocycles. The second-order valence-corrected chi connectivity index (χ2v) is 7.05. The third-order valence-corrected chi connectivity index (χ3v) is 5.08. The maximum absolute atomic E-state index is 9.08. The summed E-state index contributed by atoms with van der Waals surface area (Å²) in [5, 5.41) is 9.08. The van der Waals surface area contributed by atoms with Crippen molar-refractivity contribution in [2.24, 2.45) is 5.73 Å². The topological polar surface area (TPSA) is 49.5 Å². The Morgan fingerprint density at radius 1 is 1.52 bits per heavy atom. The van der Waals surface area contributed by atoms with E-state index >= 15 is 0 Å². The van der Waals surface area contributed by atoms with Crippen molar-refractivity contribution >= 4 is 34.7 Å². The van der Waals surface area contributed by atoms with Crippen LogP contribution in [-0.2, 0) is 0 Å². The molecule has 0 bridgehead atoms. The van der Waals surface area contributed by atoms with Crippen molar-refractivity contribution in [2.75, 3.05) is 23.8 Å². The second kappa shape index (κ2) is 8.01. The lowest BCUT2D eigenvalue weighted by Gasteiger charge is -2.29. The van der Waals surface area contributed by atoms with E-state index in [1.807, 2.05) is 0 Å². The van der Waals surface area contributed by atoms with Gasteiger partial charge in [-0.2, -0.15) is 0 Å². The Kier molecular flexibility index (Phi) is 6.33. The number of thioether (sulfide) groups is 1. The Bertz CT molecular complexity index is 493. The van der Waals surface area contributed by atoms with Crippen LogP contribution in [0.15, 0.2) is 23.1 Å². The molecule has 3 N–H and O–H groups in total. The second-order valence-electron chi connectivity index (χ2n) is 5.30. The molecule has 1 aromatic rings. The zero-order valence-electron chi connectivity index (χ0n) is 12.5. The number of nitrogens with two attached hydrogens (primary N) is 1. The maximum Gasteiger partial charge on any atom is 0.107 e. The molecular weight excluding hydrogens is 300 g/mol. The number of hydrogen-bond acceptors (Lipinski definition) is 4. The molecule has 1 unspecified atom stereocenters. The SMILES string of the molecule is CCSc1cccc(N2CCCC2CCCO)c1C(N)=S. The third-order valence-electron chi connectivity index (χ3n) is 3.93. The van der Waals surface area contributed by atoms with Gasteiger partial charge in [-0.25, -0.2) is 0 Å². The maximum atomic E-state index is 9.08. The van der Waals surface area contributed by atoms with Crippen molar-refractivity contribution in [1.29, 1.82) is 0 Å². The summed E-state index contributed by atoms with van der Waals surface area (Å²) in [4.78, 5) is 4.09. The van der Waals surface area contributed by atoms with Crippen molar-refractivity contribution in [3.63, 3.8) is 0 Å². The Balaban J connectivity index is 2.33. The van der Waals surface area contributed by atoms with Gasteiger partial charge in [0.05, 0.1) is 0 Å². The summed E-state index contributed by atoms with van der Waals surface area (Å²) in [7, 11) is 0. The highest BCUT2D eigenvalue weighted by Crippen LogP contribution is 2.35. The molecule has 3 nitrogen and oxygen atoms in total. The van der Waals surface area contributed by atoms with Crippen molar-refractivity contribution in [1.82, 2.24) is 0 Å². The van der Waals surface area contributed by atoms with Crippen molar-refractivity contribution in [3.8, 4) is 0 Å². The summed E-state index contributed by atoms with van der Waals surface area (Å²) in [6.45, 7) is 3.45. The van der Waals surface area contributed by atoms with Gasteiger partial charge >= 0.3 is 0 Å². The number of aliphatic hydroxyl groups excluding tert-OH is 1. The van der Waals surface area contributed by atoms with Crippen LogP contribution in [0.1, 0.15) is 38.2 Å². The fraction of sp³-hybridized carbons (Fsp3) is 0.562. The van der Waals surface area contributed by atoms with E-state index in [0.29, 0.717) is 11.0 Å². The van der Waals surface area contributed by atoms with Crippen LogP contribution in [-0.4, -0.2) is 35.0 Å². The standard InChI is InChI=1S/C16H24N2OS2/c1-2-21-14-9-3-8-13(15(14)16(17)20)18-10-4-6-12(18)7-5-11-19/h3,8-9,12,19H,2,4-7,10-11H2,1H3,(H2,17,20). The van der Waals surface area contributed by atoms with E-state index in [1.54, 1.807) is 11.8 Å². The lowest BCUT2D eigenvalue weighted by molar-refractivity contribution is 0.279. The molecule has 0 aromatic heterocycles. The van der Waals surface area contributed by atoms with Gasteiger partial charge in [0.2, 0.25) is 0 Å². The van der Waals surface area contributed by atoms with E-state index in [1.165, 1.54) is 23.4 Å². The molecule has 1 aliphatic rings. The van der Waals surface area contributed by atoms with Crippen molar-refractivity contribution in [2.45, 2.75) is 43.5 Å². The van der Waals surface area contributed by atoms with Crippen molar-refractivity contribution in [3.05, 3.63) is 23.8 Å². The summed E-state index contributed by atoms with van der Waals surface area (Å²) < 4.78 is 0. The zero-order valence-corrected chi connectivity index (χ0v) is 14.2. The summed E-state index contributed by atoms with van der Waals surface area (Å²) >= 11 is 7.10. The lowest BCUT2D eigenvalue weighted by Crippen LogP contribution is -2.31. The molecule has 0 radical (unpaired) electrons. The van der Waals surface area contributed by atoms with Crippen LogP contribution in [0.2, 0.25) is 0 Å². The fourth-order valence-electron chi connectivity index (χ4n) is 3.06. The molecule has 1 heterocycles. The Hall–Kier alpha value is -0.780. The summed E-state index contributed by atoms with van der Waals surface area (Å²) in [6.07, 6.45) is 4.26. The largest absolute Gasteiger partial charge is 0.396 e. The van der Waals surface area contributed by atoms with Gasteiger partial charge in [-0.05, 0) is 43.6 Å². The molecule has 2 rings (SSSR count). The molecular formula is C16H24N2OS2. The molecule has 1 aliphatic heterocycles. The molecule has 5 heteroatoms. The monoisotopic (exact) mass is 324 g/mol. The van der Waals surface area contributed by atoms with E-state index in [4.69, 9.17) is 23.1 Å². The van der Waals surface area contributed by atoms with Gasteiger partial charge in [-0.15, -0.1) is 11.8 Å². The summed E-state index contributed by atoms with van der Waals surface area (Å²) in [5.41, 5.74) is 8.20. The van der Waals surface area contributed by atoms with Gasteiger partial charge < -0.3 is 15.7 Å². The van der Waals surface area contributed by atoms with Crippen LogP contribution in [0.5, 0.6) is 0 Å². The van der Waals surface area contributed by atoms with E-state index in [9.17, 15) is 0 Å². The summed E-state index contributed by atoms with van der Waals surface area (Å²) in [6, 6.07) is 6.82. The van der Waals surface area contributed by atoms with Gasteiger partial charge in [0.25, 0.3) is 0 Å². The van der Waals surface area contributed by atoms with E-state index in [-0.39, 0.29) is 6.61 Å². The first-order valence-electron chi connectivity index (χ1n) is 7.62. The normalized spacial score (nSPS) is 18.2. The first kappa shape index (κ1) is 16.6. The van der Waals surface area contributed by atoms with Gasteiger partial charge in [0.1, 0.15) is 4.99 Å². The van der Waals surface area contributed by atoms with Crippen LogP contribution in [0.4, 0.5) is 5.69 Å². The van der Waals surface area contributed by atoms with Gasteiger partial charge in [-0.1, -0.05) is 25.2 Å². The average Bonchev–Trinajstić information content (AvgIpc) is 2.93. The number of nitrogens with zero attached hydrogens (tertiary/aromatic N) is 1. The minimum Gasteiger partial charge on any atom is -0.396 e. The molecule has 0 amide bonds. The fourth-order valence-corrected chi connectivity index (χ4v) is 4.19. The quantitative estimate of drug-likeness (QED) is 0.596. The molecule has 1 fully saturated rings. The number of hydrogen-bond donors (Lipinski definition) is 2. The minimum atomic E-state index is 0.262.